The van der Waals surface area contributed by atoms with Gasteiger partial charge in [0.2, 0.25) is 0 Å². The predicted octanol–water partition coefficient (Wildman–Crippen LogP) is 2.98. The average molecular weight is 268 g/mol. The molecular weight excluding hydrogens is 252 g/mol. The first kappa shape index (κ1) is 12.9. The van der Waals surface area contributed by atoms with Gasteiger partial charge in [0, 0.05) is 0 Å². The third kappa shape index (κ3) is 2.10. The number of aliphatic carboxylic acids is 1. The van der Waals surface area contributed by atoms with E-state index in [1.165, 1.54) is 0 Å². The predicted molar refractivity (Wildman–Crippen MR) is 75.6 cm³/mol. The molecule has 2 aromatic rings. The summed E-state index contributed by atoms with van der Waals surface area (Å²) in [4.78, 5) is 11.4. The smallest absolute Gasteiger partial charge is 0.304 e. The van der Waals surface area contributed by atoms with Gasteiger partial charge in [-0.25, -0.2) is 0 Å². The molecule has 102 valence electrons. The van der Waals surface area contributed by atoms with Crippen LogP contribution in [0.15, 0.2) is 54.6 Å². The maximum atomic E-state index is 11.4. The summed E-state index contributed by atoms with van der Waals surface area (Å²) in [6, 6.07) is 17.7. The quantitative estimate of drug-likeness (QED) is 0.931. The standard InChI is InChI=1S/C17H16O3/c18-16(19)10-17(14-7-2-1-3-8-14)12-20-11-13-6-4-5-9-15(13)17/h1-9H,10-12H2,(H,18,19)/t17-/m0/s1. The molecule has 0 saturated carbocycles. The molecule has 0 fully saturated rings. The number of benzene rings is 2. The van der Waals surface area contributed by atoms with Crippen LogP contribution in [0.5, 0.6) is 0 Å². The Morgan fingerprint density at radius 2 is 1.80 bits per heavy atom. The number of ether oxygens (including phenoxy) is 1. The Hall–Kier alpha value is -2.13. The Morgan fingerprint density at radius 1 is 1.10 bits per heavy atom. The molecule has 1 aliphatic heterocycles. The number of fused-ring (bicyclic) bond motifs is 1. The summed E-state index contributed by atoms with van der Waals surface area (Å²) < 4.78 is 5.70. The first-order valence-corrected chi connectivity index (χ1v) is 6.66. The molecule has 2 aromatic carbocycles. The maximum Gasteiger partial charge on any atom is 0.304 e. The number of rotatable bonds is 3. The molecule has 0 bridgehead atoms. The zero-order valence-corrected chi connectivity index (χ0v) is 11.1. The molecule has 0 unspecified atom stereocenters. The normalized spacial score (nSPS) is 21.2. The Labute approximate surface area is 117 Å². The highest BCUT2D eigenvalue weighted by Crippen LogP contribution is 2.41. The molecule has 0 amide bonds. The summed E-state index contributed by atoms with van der Waals surface area (Å²) in [5, 5.41) is 9.36. The van der Waals surface area contributed by atoms with Crippen molar-refractivity contribution in [3.63, 3.8) is 0 Å². The highest BCUT2D eigenvalue weighted by Gasteiger charge is 2.40. The third-order valence-electron chi connectivity index (χ3n) is 3.92. The van der Waals surface area contributed by atoms with Gasteiger partial charge >= 0.3 is 5.97 Å². The minimum absolute atomic E-state index is 0.0357. The number of carboxylic acid groups (broad SMARTS) is 1. The molecule has 3 heteroatoms. The zero-order valence-electron chi connectivity index (χ0n) is 11.1. The van der Waals surface area contributed by atoms with Gasteiger partial charge in [-0.3, -0.25) is 4.79 Å². The Balaban J connectivity index is 2.20. The minimum atomic E-state index is -0.811. The topological polar surface area (TPSA) is 46.5 Å². The van der Waals surface area contributed by atoms with Crippen LogP contribution in [0.3, 0.4) is 0 Å². The van der Waals surface area contributed by atoms with E-state index in [0.29, 0.717) is 13.2 Å². The van der Waals surface area contributed by atoms with Gasteiger partial charge in [-0.15, -0.1) is 0 Å². The van der Waals surface area contributed by atoms with E-state index in [0.717, 1.165) is 16.7 Å². The molecular formula is C17H16O3. The van der Waals surface area contributed by atoms with Gasteiger partial charge in [0.15, 0.2) is 0 Å². The fourth-order valence-corrected chi connectivity index (χ4v) is 3.03. The van der Waals surface area contributed by atoms with E-state index in [1.54, 1.807) is 0 Å². The molecule has 0 spiro atoms. The largest absolute Gasteiger partial charge is 0.481 e. The van der Waals surface area contributed by atoms with E-state index < -0.39 is 11.4 Å². The molecule has 1 N–H and O–H groups in total. The first-order chi connectivity index (χ1) is 9.72. The first-order valence-electron chi connectivity index (χ1n) is 6.66. The van der Waals surface area contributed by atoms with Crippen molar-refractivity contribution in [1.82, 2.24) is 0 Å². The number of hydrogen-bond acceptors (Lipinski definition) is 2. The second-order valence-electron chi connectivity index (χ2n) is 5.17. The summed E-state index contributed by atoms with van der Waals surface area (Å²) in [6.45, 7) is 0.949. The molecule has 1 heterocycles. The summed E-state index contributed by atoms with van der Waals surface area (Å²) >= 11 is 0. The van der Waals surface area contributed by atoms with Crippen molar-refractivity contribution in [3.05, 3.63) is 71.3 Å². The van der Waals surface area contributed by atoms with Gasteiger partial charge in [-0.05, 0) is 16.7 Å². The van der Waals surface area contributed by atoms with Crippen LogP contribution in [0, 0.1) is 0 Å². The van der Waals surface area contributed by atoms with Crippen LogP contribution in [0.1, 0.15) is 23.1 Å². The lowest BCUT2D eigenvalue weighted by Crippen LogP contribution is -2.39. The lowest BCUT2D eigenvalue weighted by Gasteiger charge is -2.38. The van der Waals surface area contributed by atoms with E-state index in [4.69, 9.17) is 4.74 Å². The monoisotopic (exact) mass is 268 g/mol. The van der Waals surface area contributed by atoms with E-state index >= 15 is 0 Å². The summed E-state index contributed by atoms with van der Waals surface area (Å²) in [5.41, 5.74) is 2.54. The number of carboxylic acids is 1. The zero-order chi connectivity index (χ0) is 14.0. The van der Waals surface area contributed by atoms with Crippen molar-refractivity contribution in [1.29, 1.82) is 0 Å². The second-order valence-corrected chi connectivity index (χ2v) is 5.17. The van der Waals surface area contributed by atoms with E-state index in [1.807, 2.05) is 54.6 Å². The number of carbonyl (C=O) groups is 1. The second kappa shape index (κ2) is 5.10. The van der Waals surface area contributed by atoms with Crippen LogP contribution in [-0.4, -0.2) is 17.7 Å². The van der Waals surface area contributed by atoms with Crippen LogP contribution >= 0.6 is 0 Å². The van der Waals surface area contributed by atoms with E-state index in [-0.39, 0.29) is 6.42 Å². The fraction of sp³-hybridized carbons (Fsp3) is 0.235. The Bertz CT molecular complexity index is 621. The summed E-state index contributed by atoms with van der Waals surface area (Å²) in [7, 11) is 0. The molecule has 0 aromatic heterocycles. The summed E-state index contributed by atoms with van der Waals surface area (Å²) in [6.07, 6.45) is 0.0357. The van der Waals surface area contributed by atoms with Crippen molar-refractivity contribution in [2.45, 2.75) is 18.4 Å². The maximum absolute atomic E-state index is 11.4. The molecule has 0 saturated heterocycles. The van der Waals surface area contributed by atoms with Crippen molar-refractivity contribution in [2.75, 3.05) is 6.61 Å². The molecule has 3 rings (SSSR count). The van der Waals surface area contributed by atoms with Gasteiger partial charge < -0.3 is 9.84 Å². The van der Waals surface area contributed by atoms with Gasteiger partial charge in [-0.2, -0.15) is 0 Å². The van der Waals surface area contributed by atoms with Crippen molar-refractivity contribution >= 4 is 5.97 Å². The van der Waals surface area contributed by atoms with Gasteiger partial charge in [-0.1, -0.05) is 54.6 Å². The van der Waals surface area contributed by atoms with Crippen molar-refractivity contribution in [2.24, 2.45) is 0 Å². The molecule has 1 aliphatic rings. The lowest BCUT2D eigenvalue weighted by molar-refractivity contribution is -0.139. The average Bonchev–Trinajstić information content (AvgIpc) is 2.48. The molecule has 3 nitrogen and oxygen atoms in total. The minimum Gasteiger partial charge on any atom is -0.481 e. The molecule has 1 atom stereocenters. The van der Waals surface area contributed by atoms with Crippen LogP contribution in [0.2, 0.25) is 0 Å². The molecule has 20 heavy (non-hydrogen) atoms. The molecule has 0 radical (unpaired) electrons. The van der Waals surface area contributed by atoms with Crippen LogP contribution < -0.4 is 0 Å². The fourth-order valence-electron chi connectivity index (χ4n) is 3.03. The van der Waals surface area contributed by atoms with Crippen molar-refractivity contribution < 1.29 is 14.6 Å². The van der Waals surface area contributed by atoms with Gasteiger partial charge in [0.25, 0.3) is 0 Å². The van der Waals surface area contributed by atoms with Crippen LogP contribution in [0.4, 0.5) is 0 Å². The highest BCUT2D eigenvalue weighted by atomic mass is 16.5. The van der Waals surface area contributed by atoms with Crippen LogP contribution in [-0.2, 0) is 21.6 Å². The Kier molecular flexibility index (Phi) is 3.28. The third-order valence-corrected chi connectivity index (χ3v) is 3.92. The highest BCUT2D eigenvalue weighted by molar-refractivity contribution is 5.71. The molecule has 0 aliphatic carbocycles. The van der Waals surface area contributed by atoms with Gasteiger partial charge in [0.1, 0.15) is 0 Å². The summed E-state index contributed by atoms with van der Waals surface area (Å²) in [5.74, 6) is -0.811. The van der Waals surface area contributed by atoms with E-state index in [2.05, 4.69) is 0 Å². The van der Waals surface area contributed by atoms with Crippen molar-refractivity contribution in [3.8, 4) is 0 Å². The van der Waals surface area contributed by atoms with Crippen LogP contribution in [0.25, 0.3) is 0 Å². The number of hydrogen-bond donors (Lipinski definition) is 1. The Morgan fingerprint density at radius 3 is 2.55 bits per heavy atom. The lowest BCUT2D eigenvalue weighted by atomic mass is 9.70. The SMILES string of the molecule is O=C(O)C[C@@]1(c2ccccc2)COCc2ccccc21. The van der Waals surface area contributed by atoms with Gasteiger partial charge in [0.05, 0.1) is 25.0 Å². The van der Waals surface area contributed by atoms with E-state index in [9.17, 15) is 9.90 Å².